The number of pyridine rings is 1. The lowest BCUT2D eigenvalue weighted by Crippen LogP contribution is -2.43. The predicted octanol–water partition coefficient (Wildman–Crippen LogP) is 0.832. The maximum absolute atomic E-state index is 12.7. The molecule has 3 rings (SSSR count). The average molecular weight is 342 g/mol. The van der Waals surface area contributed by atoms with Crippen LogP contribution in [0.4, 0.5) is 17.5 Å². The summed E-state index contributed by atoms with van der Waals surface area (Å²) in [4.78, 5) is 49.0. The minimum Gasteiger partial charge on any atom is -0.366 e. The lowest BCUT2D eigenvalue weighted by Gasteiger charge is -2.28. The van der Waals surface area contributed by atoms with Gasteiger partial charge in [-0.3, -0.25) is 34.6 Å². The van der Waals surface area contributed by atoms with Gasteiger partial charge in [0.15, 0.2) is 11.5 Å². The van der Waals surface area contributed by atoms with Gasteiger partial charge in [-0.2, -0.15) is 4.98 Å². The van der Waals surface area contributed by atoms with Crippen molar-refractivity contribution in [1.29, 1.82) is 0 Å². The molecule has 1 aliphatic rings. The number of aromatic amines is 1. The van der Waals surface area contributed by atoms with Crippen LogP contribution in [0, 0.1) is 5.92 Å². The van der Waals surface area contributed by atoms with E-state index >= 15 is 0 Å². The second-order valence-electron chi connectivity index (χ2n) is 5.88. The number of aromatic nitrogens is 3. The van der Waals surface area contributed by atoms with Crippen molar-refractivity contribution >= 4 is 29.3 Å². The summed E-state index contributed by atoms with van der Waals surface area (Å²) in [6, 6.07) is 3.29. The van der Waals surface area contributed by atoms with Crippen molar-refractivity contribution in [2.75, 3.05) is 28.6 Å². The highest BCUT2D eigenvalue weighted by Gasteiger charge is 2.28. The van der Waals surface area contributed by atoms with Crippen molar-refractivity contribution in [3.63, 3.8) is 0 Å². The highest BCUT2D eigenvalue weighted by molar-refractivity contribution is 6.07. The van der Waals surface area contributed by atoms with Gasteiger partial charge in [0.25, 0.3) is 11.5 Å². The molecule has 9 nitrogen and oxygen atoms in total. The number of rotatable bonds is 3. The van der Waals surface area contributed by atoms with E-state index in [-0.39, 0.29) is 35.2 Å². The normalized spacial score (nSPS) is 13.2. The van der Waals surface area contributed by atoms with Crippen LogP contribution in [-0.4, -0.2) is 39.9 Å². The molecule has 2 amide bonds. The molecule has 2 aromatic heterocycles. The molecule has 0 radical (unpaired) electrons. The summed E-state index contributed by atoms with van der Waals surface area (Å²) in [6.45, 7) is 4.23. The molecule has 0 fully saturated rings. The first kappa shape index (κ1) is 16.6. The van der Waals surface area contributed by atoms with E-state index < -0.39 is 5.56 Å². The molecule has 2 aromatic rings. The largest absolute Gasteiger partial charge is 0.366 e. The van der Waals surface area contributed by atoms with E-state index in [1.165, 1.54) is 11.1 Å². The molecule has 0 aliphatic carbocycles. The third-order valence-corrected chi connectivity index (χ3v) is 3.71. The molecular formula is C16H18N6O3. The fraction of sp³-hybridized carbons (Fsp3) is 0.312. The summed E-state index contributed by atoms with van der Waals surface area (Å²) in [6.07, 6.45) is 3.02. The zero-order chi connectivity index (χ0) is 18.0. The molecule has 0 saturated heterocycles. The van der Waals surface area contributed by atoms with Crippen LogP contribution in [0.15, 0.2) is 29.3 Å². The van der Waals surface area contributed by atoms with E-state index in [4.69, 9.17) is 0 Å². The van der Waals surface area contributed by atoms with E-state index in [1.807, 2.05) is 0 Å². The topological polar surface area (TPSA) is 120 Å². The van der Waals surface area contributed by atoms with Crippen LogP contribution in [-0.2, 0) is 4.79 Å². The molecule has 0 atom stereocenters. The van der Waals surface area contributed by atoms with Crippen molar-refractivity contribution < 1.29 is 9.59 Å². The summed E-state index contributed by atoms with van der Waals surface area (Å²) in [5, 5.41) is 5.54. The quantitative estimate of drug-likeness (QED) is 0.760. The molecule has 25 heavy (non-hydrogen) atoms. The van der Waals surface area contributed by atoms with Gasteiger partial charge in [0.2, 0.25) is 11.9 Å². The lowest BCUT2D eigenvalue weighted by atomic mass is 10.2. The first-order valence-corrected chi connectivity index (χ1v) is 7.88. The van der Waals surface area contributed by atoms with E-state index in [0.717, 1.165) is 0 Å². The molecule has 3 heterocycles. The van der Waals surface area contributed by atoms with Gasteiger partial charge in [-0.25, -0.2) is 0 Å². The zero-order valence-electron chi connectivity index (χ0n) is 13.9. The lowest BCUT2D eigenvalue weighted by molar-refractivity contribution is -0.118. The number of amides is 2. The van der Waals surface area contributed by atoms with Gasteiger partial charge in [0.05, 0.1) is 5.56 Å². The zero-order valence-corrected chi connectivity index (χ0v) is 13.9. The fourth-order valence-corrected chi connectivity index (χ4v) is 2.41. The Hall–Kier alpha value is -3.23. The SMILES string of the molecule is CC(C)C(=O)Nc1nc2c(c(=O)[nH]1)N(C(=O)c1cccnc1)CCN2. The van der Waals surface area contributed by atoms with Crippen molar-refractivity contribution in [2.45, 2.75) is 13.8 Å². The van der Waals surface area contributed by atoms with Crippen LogP contribution < -0.4 is 21.1 Å². The van der Waals surface area contributed by atoms with Crippen molar-refractivity contribution in [3.05, 3.63) is 40.4 Å². The molecule has 0 aromatic carbocycles. The standard InChI is InChI=1S/C16H18N6O3/c1-9(2)13(23)20-16-19-12-11(14(24)21-16)22(7-6-18-12)15(25)10-4-3-5-17-8-10/h3-5,8-9H,6-7H2,1-2H3,(H3,18,19,20,21,23,24). The van der Waals surface area contributed by atoms with Gasteiger partial charge in [0, 0.05) is 31.4 Å². The Morgan fingerprint density at radius 3 is 2.84 bits per heavy atom. The molecule has 0 unspecified atom stereocenters. The van der Waals surface area contributed by atoms with Crippen LogP contribution in [0.1, 0.15) is 24.2 Å². The number of hydrogen-bond acceptors (Lipinski definition) is 6. The Labute approximate surface area is 143 Å². The molecule has 0 spiro atoms. The number of nitrogens with one attached hydrogen (secondary N) is 3. The number of hydrogen-bond donors (Lipinski definition) is 3. The number of anilines is 3. The van der Waals surface area contributed by atoms with Crippen molar-refractivity contribution in [1.82, 2.24) is 15.0 Å². The highest BCUT2D eigenvalue weighted by atomic mass is 16.2. The Bertz CT molecular complexity index is 862. The molecule has 130 valence electrons. The van der Waals surface area contributed by atoms with E-state index in [1.54, 1.807) is 32.2 Å². The van der Waals surface area contributed by atoms with Gasteiger partial charge in [-0.05, 0) is 12.1 Å². The van der Waals surface area contributed by atoms with Crippen LogP contribution in [0.2, 0.25) is 0 Å². The summed E-state index contributed by atoms with van der Waals surface area (Å²) in [7, 11) is 0. The second kappa shape index (κ2) is 6.71. The first-order valence-electron chi connectivity index (χ1n) is 7.88. The third kappa shape index (κ3) is 3.35. The van der Waals surface area contributed by atoms with E-state index in [2.05, 4.69) is 25.6 Å². The summed E-state index contributed by atoms with van der Waals surface area (Å²) < 4.78 is 0. The monoisotopic (exact) mass is 342 g/mol. The minimum absolute atomic E-state index is 0.0469. The number of carbonyl (C=O) groups excluding carboxylic acids is 2. The average Bonchev–Trinajstić information content (AvgIpc) is 2.61. The van der Waals surface area contributed by atoms with Gasteiger partial charge >= 0.3 is 0 Å². The number of H-pyrrole nitrogens is 1. The Morgan fingerprint density at radius 2 is 2.16 bits per heavy atom. The Morgan fingerprint density at radius 1 is 1.36 bits per heavy atom. The first-order chi connectivity index (χ1) is 12.0. The highest BCUT2D eigenvalue weighted by Crippen LogP contribution is 2.25. The maximum Gasteiger partial charge on any atom is 0.278 e. The molecular weight excluding hydrogens is 324 g/mol. The van der Waals surface area contributed by atoms with Crippen LogP contribution in [0.3, 0.4) is 0 Å². The summed E-state index contributed by atoms with van der Waals surface area (Å²) >= 11 is 0. The van der Waals surface area contributed by atoms with Crippen molar-refractivity contribution in [3.8, 4) is 0 Å². The van der Waals surface area contributed by atoms with E-state index in [9.17, 15) is 14.4 Å². The summed E-state index contributed by atoms with van der Waals surface area (Å²) in [5.74, 6) is -0.542. The smallest absolute Gasteiger partial charge is 0.278 e. The Kier molecular flexibility index (Phi) is 4.46. The predicted molar refractivity (Wildman–Crippen MR) is 92.7 cm³/mol. The van der Waals surface area contributed by atoms with Gasteiger partial charge in [0.1, 0.15) is 0 Å². The molecule has 0 bridgehead atoms. The maximum atomic E-state index is 12.7. The number of fused-ring (bicyclic) bond motifs is 1. The number of carbonyl (C=O) groups is 2. The van der Waals surface area contributed by atoms with Crippen molar-refractivity contribution in [2.24, 2.45) is 5.92 Å². The Balaban J connectivity index is 1.95. The molecule has 0 saturated carbocycles. The summed E-state index contributed by atoms with van der Waals surface area (Å²) in [5.41, 5.74) is 0.00285. The van der Waals surface area contributed by atoms with Crippen LogP contribution in [0.5, 0.6) is 0 Å². The molecule has 1 aliphatic heterocycles. The van der Waals surface area contributed by atoms with Gasteiger partial charge < -0.3 is 5.32 Å². The third-order valence-electron chi connectivity index (χ3n) is 3.71. The molecule has 9 heteroatoms. The van der Waals surface area contributed by atoms with Crippen LogP contribution in [0.25, 0.3) is 0 Å². The second-order valence-corrected chi connectivity index (χ2v) is 5.88. The van der Waals surface area contributed by atoms with Gasteiger partial charge in [-0.1, -0.05) is 13.8 Å². The fourth-order valence-electron chi connectivity index (χ4n) is 2.41. The van der Waals surface area contributed by atoms with Crippen LogP contribution >= 0.6 is 0 Å². The van der Waals surface area contributed by atoms with Gasteiger partial charge in [-0.15, -0.1) is 0 Å². The minimum atomic E-state index is -0.506. The van der Waals surface area contributed by atoms with E-state index in [0.29, 0.717) is 18.7 Å². The number of nitrogens with zero attached hydrogens (tertiary/aromatic N) is 3. The molecule has 3 N–H and O–H groups in total.